The van der Waals surface area contributed by atoms with E-state index in [-0.39, 0.29) is 12.1 Å². The minimum atomic E-state index is -2.87. The molecule has 2 N–H and O–H groups in total. The topological polar surface area (TPSA) is 93.1 Å². The lowest BCUT2D eigenvalue weighted by Gasteiger charge is -2.17. The van der Waals surface area contributed by atoms with Gasteiger partial charge < -0.3 is 9.47 Å². The Morgan fingerprint density at radius 1 is 1.29 bits per heavy atom. The summed E-state index contributed by atoms with van der Waals surface area (Å²) in [5, 5.41) is 0. The van der Waals surface area contributed by atoms with Crippen molar-refractivity contribution in [2.24, 2.45) is 5.41 Å². The van der Waals surface area contributed by atoms with E-state index in [9.17, 15) is 4.79 Å². The fourth-order valence-electron chi connectivity index (χ4n) is 1.23. The molecular weight excluding hydrogens is 295 g/mol. The van der Waals surface area contributed by atoms with E-state index in [0.29, 0.717) is 5.75 Å². The summed E-state index contributed by atoms with van der Waals surface area (Å²) in [6.07, 6.45) is -0.0108. The Hall–Kier alpha value is -1.33. The van der Waals surface area contributed by atoms with Gasteiger partial charge in [0.2, 0.25) is 0 Å². The Morgan fingerprint density at radius 2 is 1.81 bits per heavy atom. The Kier molecular flexibility index (Phi) is 8.29. The molecule has 0 heterocycles. The molecular formula is C14H22O6P+. The summed E-state index contributed by atoms with van der Waals surface area (Å²) in [6, 6.07) is 7.41. The number of hydrogen-bond acceptors (Lipinski definition) is 4. The molecule has 7 heteroatoms. The third kappa shape index (κ3) is 8.52. The van der Waals surface area contributed by atoms with Crippen LogP contribution in [0.2, 0.25) is 0 Å². The molecule has 1 rings (SSSR count). The molecule has 0 saturated heterocycles. The van der Waals surface area contributed by atoms with Crippen LogP contribution in [0.25, 0.3) is 0 Å². The summed E-state index contributed by atoms with van der Waals surface area (Å²) in [7, 11) is -1.22. The van der Waals surface area contributed by atoms with Crippen LogP contribution in [-0.4, -0.2) is 22.9 Å². The predicted molar refractivity (Wildman–Crippen MR) is 79.0 cm³/mol. The maximum absolute atomic E-state index is 11.7. The summed E-state index contributed by atoms with van der Waals surface area (Å²) in [6.45, 7) is 7.44. The summed E-state index contributed by atoms with van der Waals surface area (Å²) in [5.41, 5.74) is 0.495. The third-order valence-corrected chi connectivity index (χ3v) is 2.50. The first-order valence-electron chi connectivity index (χ1n) is 6.28. The Morgan fingerprint density at radius 3 is 2.24 bits per heavy atom. The second-order valence-corrected chi connectivity index (χ2v) is 5.85. The number of esters is 1. The van der Waals surface area contributed by atoms with Gasteiger partial charge in [-0.3, -0.25) is 4.79 Å². The van der Waals surface area contributed by atoms with Crippen LogP contribution in [0.15, 0.2) is 24.3 Å². The van der Waals surface area contributed by atoms with Gasteiger partial charge in [0.05, 0.1) is 11.5 Å². The highest BCUT2D eigenvalue weighted by molar-refractivity contribution is 7.30. The first-order valence-corrected chi connectivity index (χ1v) is 7.44. The molecule has 1 aromatic rings. The van der Waals surface area contributed by atoms with E-state index in [0.717, 1.165) is 5.56 Å². The zero-order chi connectivity index (χ0) is 16.6. The lowest BCUT2D eigenvalue weighted by Crippen LogP contribution is -2.25. The van der Waals surface area contributed by atoms with Crippen molar-refractivity contribution in [2.75, 3.05) is 7.11 Å². The zero-order valence-corrected chi connectivity index (χ0v) is 13.8. The molecule has 118 valence electrons. The number of carbonyl (C=O) groups is 1. The van der Waals surface area contributed by atoms with Crippen LogP contribution in [-0.2, 0) is 14.1 Å². The molecule has 21 heavy (non-hydrogen) atoms. The lowest BCUT2D eigenvalue weighted by molar-refractivity contribution is -0.143. The monoisotopic (exact) mass is 317 g/mol. The maximum atomic E-state index is 11.7. The van der Waals surface area contributed by atoms with Crippen molar-refractivity contribution >= 4 is 14.2 Å². The predicted octanol–water partition coefficient (Wildman–Crippen LogP) is 2.97. The van der Waals surface area contributed by atoms with Crippen LogP contribution >= 0.6 is 8.25 Å². The molecule has 0 amide bonds. The molecule has 0 spiro atoms. The average Bonchev–Trinajstić information content (AvgIpc) is 2.36. The van der Waals surface area contributed by atoms with Crippen molar-refractivity contribution in [3.05, 3.63) is 29.8 Å². The number of rotatable bonds is 3. The Labute approximate surface area is 125 Å². The molecule has 0 saturated carbocycles. The largest absolute Gasteiger partial charge is 0.692 e. The Bertz CT molecular complexity index is 477. The minimum Gasteiger partial charge on any atom is -0.426 e. The van der Waals surface area contributed by atoms with E-state index in [4.69, 9.17) is 23.8 Å². The molecule has 1 unspecified atom stereocenters. The molecule has 0 bridgehead atoms. The molecule has 1 aromatic carbocycles. The summed E-state index contributed by atoms with van der Waals surface area (Å²) in [4.78, 5) is 26.0. The second kappa shape index (κ2) is 8.85. The number of benzene rings is 1. The molecule has 0 aromatic heterocycles. The number of ether oxygens (including phenoxy) is 2. The van der Waals surface area contributed by atoms with Crippen LogP contribution in [0, 0.1) is 5.41 Å². The van der Waals surface area contributed by atoms with Crippen LogP contribution < -0.4 is 4.74 Å². The molecule has 0 aliphatic carbocycles. The van der Waals surface area contributed by atoms with Gasteiger partial charge in [-0.2, -0.15) is 0 Å². The van der Waals surface area contributed by atoms with Gasteiger partial charge in [-0.25, -0.2) is 0 Å². The van der Waals surface area contributed by atoms with E-state index in [1.165, 1.54) is 0 Å². The van der Waals surface area contributed by atoms with Gasteiger partial charge >= 0.3 is 14.2 Å². The van der Waals surface area contributed by atoms with Crippen LogP contribution in [0.3, 0.4) is 0 Å². The van der Waals surface area contributed by atoms with Gasteiger partial charge in [-0.15, -0.1) is 9.79 Å². The van der Waals surface area contributed by atoms with Gasteiger partial charge in [0.1, 0.15) is 5.75 Å². The molecule has 0 fully saturated rings. The first-order chi connectivity index (χ1) is 9.57. The highest BCUT2D eigenvalue weighted by atomic mass is 31.1. The number of methoxy groups -OCH3 is 1. The lowest BCUT2D eigenvalue weighted by atomic mass is 9.97. The summed E-state index contributed by atoms with van der Waals surface area (Å²) < 4.78 is 19.2. The zero-order valence-electron chi connectivity index (χ0n) is 12.9. The number of hydrogen-bond donors (Lipinski definition) is 2. The quantitative estimate of drug-likeness (QED) is 0.506. The molecule has 6 nitrogen and oxygen atoms in total. The summed E-state index contributed by atoms with van der Waals surface area (Å²) >= 11 is 0. The standard InChI is InChI=1S/C14H20O3.HO3P/c1-10(16-5)11-7-6-8-12(9-11)17-13(15)14(2,3)4;1-4(2)3/h6-10H,1-5H3;(H-,1,2,3)/p+1. The molecule has 0 aliphatic rings. The summed E-state index contributed by atoms with van der Waals surface area (Å²) in [5.74, 6) is 0.325. The molecule has 1 atom stereocenters. The van der Waals surface area contributed by atoms with Gasteiger partial charge in [-0.1, -0.05) is 12.1 Å². The van der Waals surface area contributed by atoms with Crippen LogP contribution in [0.5, 0.6) is 5.75 Å². The Balaban J connectivity index is 0.000000885. The second-order valence-electron chi connectivity index (χ2n) is 5.34. The van der Waals surface area contributed by atoms with Crippen molar-refractivity contribution in [3.8, 4) is 5.75 Å². The van der Waals surface area contributed by atoms with Crippen molar-refractivity contribution in [1.29, 1.82) is 0 Å². The maximum Gasteiger partial charge on any atom is 0.692 e. The van der Waals surface area contributed by atoms with Crippen molar-refractivity contribution in [3.63, 3.8) is 0 Å². The molecule has 0 aliphatic heterocycles. The first kappa shape index (κ1) is 19.7. The normalized spacial score (nSPS) is 12.0. The minimum absolute atomic E-state index is 0.0108. The van der Waals surface area contributed by atoms with Crippen molar-refractivity contribution in [2.45, 2.75) is 33.8 Å². The highest BCUT2D eigenvalue weighted by Gasteiger charge is 2.23. The van der Waals surface area contributed by atoms with Crippen LogP contribution in [0.1, 0.15) is 39.4 Å². The SMILES string of the molecule is COC(C)c1cccc(OC(=O)C(C)(C)C)c1.O=[P+](O)O. The fourth-order valence-corrected chi connectivity index (χ4v) is 1.23. The smallest absolute Gasteiger partial charge is 0.426 e. The van der Waals surface area contributed by atoms with E-state index >= 15 is 0 Å². The van der Waals surface area contributed by atoms with Gasteiger partial charge in [0.15, 0.2) is 0 Å². The van der Waals surface area contributed by atoms with E-state index in [1.807, 2.05) is 45.9 Å². The highest BCUT2D eigenvalue weighted by Crippen LogP contribution is 2.23. The van der Waals surface area contributed by atoms with E-state index in [2.05, 4.69) is 0 Å². The van der Waals surface area contributed by atoms with Crippen LogP contribution in [0.4, 0.5) is 0 Å². The average molecular weight is 317 g/mol. The van der Waals surface area contributed by atoms with E-state index in [1.54, 1.807) is 13.2 Å². The number of carbonyl (C=O) groups excluding carboxylic acids is 1. The van der Waals surface area contributed by atoms with Gasteiger partial charge in [0.25, 0.3) is 0 Å². The van der Waals surface area contributed by atoms with Crippen molar-refractivity contribution in [1.82, 2.24) is 0 Å². The van der Waals surface area contributed by atoms with Crippen molar-refractivity contribution < 1.29 is 28.6 Å². The molecule has 0 radical (unpaired) electrons. The fraction of sp³-hybridized carbons (Fsp3) is 0.500. The third-order valence-electron chi connectivity index (χ3n) is 2.50. The van der Waals surface area contributed by atoms with Gasteiger partial charge in [0, 0.05) is 11.7 Å². The van der Waals surface area contributed by atoms with Gasteiger partial charge in [-0.05, 0) is 45.4 Å². The van der Waals surface area contributed by atoms with E-state index < -0.39 is 13.7 Å².